The molecule has 2 nitrogen and oxygen atoms in total. The third-order valence-corrected chi connectivity index (χ3v) is 4.51. The van der Waals surface area contributed by atoms with Crippen LogP contribution in [-0.2, 0) is 0 Å². The van der Waals surface area contributed by atoms with Gasteiger partial charge in [-0.1, -0.05) is 68.2 Å². The number of benzene rings is 2. The first-order chi connectivity index (χ1) is 10.8. The zero-order valence-corrected chi connectivity index (χ0v) is 14.7. The van der Waals surface area contributed by atoms with E-state index in [1.165, 1.54) is 0 Å². The van der Waals surface area contributed by atoms with Crippen molar-refractivity contribution in [3.05, 3.63) is 58.6 Å². The van der Waals surface area contributed by atoms with Gasteiger partial charge in [0, 0.05) is 16.4 Å². The van der Waals surface area contributed by atoms with Crippen LogP contribution in [0.25, 0.3) is 22.2 Å². The zero-order valence-electron chi connectivity index (χ0n) is 13.2. The topological polar surface area (TPSA) is 22.0 Å². The Morgan fingerprint density at radius 1 is 0.957 bits per heavy atom. The van der Waals surface area contributed by atoms with Crippen LogP contribution in [0.4, 0.5) is 0 Å². The highest BCUT2D eigenvalue weighted by molar-refractivity contribution is 6.42. The van der Waals surface area contributed by atoms with Crippen molar-refractivity contribution in [3.63, 3.8) is 0 Å². The van der Waals surface area contributed by atoms with Crippen LogP contribution in [0.3, 0.4) is 0 Å². The maximum Gasteiger partial charge on any atom is 0.236 e. The van der Waals surface area contributed by atoms with Crippen LogP contribution in [0.1, 0.15) is 25.6 Å². The maximum absolute atomic E-state index is 13.0. The molecule has 0 amide bonds. The number of hydrogen-bond acceptors (Lipinski definition) is 1. The van der Waals surface area contributed by atoms with Gasteiger partial charge in [0.25, 0.3) is 0 Å². The number of halogens is 2. The predicted octanol–water partition coefficient (Wildman–Crippen LogP) is 6.30. The lowest BCUT2D eigenvalue weighted by Gasteiger charge is -2.20. The molecule has 0 radical (unpaired) electrons. The van der Waals surface area contributed by atoms with Crippen LogP contribution in [-0.4, -0.2) is 10.5 Å². The van der Waals surface area contributed by atoms with Gasteiger partial charge in [0.2, 0.25) is 5.91 Å². The van der Waals surface area contributed by atoms with Crippen LogP contribution in [0.5, 0.6) is 0 Å². The molecule has 2 aromatic carbocycles. The Labute approximate surface area is 145 Å². The quantitative estimate of drug-likeness (QED) is 0.507. The van der Waals surface area contributed by atoms with Gasteiger partial charge in [0.15, 0.2) is 0 Å². The third-order valence-electron chi connectivity index (χ3n) is 3.77. The zero-order chi connectivity index (χ0) is 16.8. The van der Waals surface area contributed by atoms with Crippen LogP contribution in [0.15, 0.2) is 48.5 Å². The molecule has 0 atom stereocenters. The van der Waals surface area contributed by atoms with E-state index in [9.17, 15) is 4.79 Å². The fourth-order valence-corrected chi connectivity index (χ4v) is 2.88. The summed E-state index contributed by atoms with van der Waals surface area (Å²) in [6.45, 7) is 5.76. The van der Waals surface area contributed by atoms with E-state index in [2.05, 4.69) is 0 Å². The second-order valence-corrected chi connectivity index (χ2v) is 7.42. The molecular formula is C19H17Cl2NO. The van der Waals surface area contributed by atoms with Gasteiger partial charge in [-0.15, -0.1) is 0 Å². The summed E-state index contributed by atoms with van der Waals surface area (Å²) in [7, 11) is 0. The average molecular weight is 346 g/mol. The molecule has 0 bridgehead atoms. The minimum Gasteiger partial charge on any atom is -0.279 e. The monoisotopic (exact) mass is 345 g/mol. The lowest BCUT2D eigenvalue weighted by molar-refractivity contribution is 0.0775. The Morgan fingerprint density at radius 3 is 2.30 bits per heavy atom. The molecule has 0 spiro atoms. The van der Waals surface area contributed by atoms with Gasteiger partial charge in [-0.3, -0.25) is 9.36 Å². The second-order valence-electron chi connectivity index (χ2n) is 6.61. The molecule has 0 aliphatic heterocycles. The molecule has 118 valence electrons. The van der Waals surface area contributed by atoms with Gasteiger partial charge in [-0.2, -0.15) is 0 Å². The first kappa shape index (κ1) is 16.1. The molecule has 3 aromatic rings. The van der Waals surface area contributed by atoms with Crippen LogP contribution >= 0.6 is 23.2 Å². The lowest BCUT2D eigenvalue weighted by atomic mass is 9.95. The number of fused-ring (bicyclic) bond motifs is 1. The third kappa shape index (κ3) is 2.89. The molecule has 0 saturated carbocycles. The van der Waals surface area contributed by atoms with E-state index in [4.69, 9.17) is 23.2 Å². The van der Waals surface area contributed by atoms with Gasteiger partial charge in [0.05, 0.1) is 21.3 Å². The summed E-state index contributed by atoms with van der Waals surface area (Å²) in [6, 6.07) is 15.3. The van der Waals surface area contributed by atoms with E-state index in [0.717, 1.165) is 22.2 Å². The van der Waals surface area contributed by atoms with E-state index in [0.29, 0.717) is 10.0 Å². The molecule has 0 aliphatic rings. The van der Waals surface area contributed by atoms with Crippen molar-refractivity contribution in [2.45, 2.75) is 20.8 Å². The van der Waals surface area contributed by atoms with Crippen LogP contribution < -0.4 is 0 Å². The highest BCUT2D eigenvalue weighted by Gasteiger charge is 2.27. The van der Waals surface area contributed by atoms with E-state index in [1.54, 1.807) is 16.7 Å². The minimum atomic E-state index is -0.493. The molecule has 23 heavy (non-hydrogen) atoms. The smallest absolute Gasteiger partial charge is 0.236 e. The SMILES string of the molecule is CC(C)(C)C(=O)n1c(-c2ccc(Cl)c(Cl)c2)cc2ccccc21. The fourth-order valence-electron chi connectivity index (χ4n) is 2.58. The number of hydrogen-bond donors (Lipinski definition) is 0. The average Bonchev–Trinajstić information content (AvgIpc) is 2.87. The van der Waals surface area contributed by atoms with Crippen molar-refractivity contribution in [3.8, 4) is 11.3 Å². The van der Waals surface area contributed by atoms with Crippen molar-refractivity contribution in [1.29, 1.82) is 0 Å². The Kier molecular flexibility index (Phi) is 3.99. The molecule has 1 heterocycles. The first-order valence-corrected chi connectivity index (χ1v) is 8.15. The number of nitrogens with zero attached hydrogens (tertiary/aromatic N) is 1. The molecule has 0 aliphatic carbocycles. The number of aromatic nitrogens is 1. The molecule has 0 unspecified atom stereocenters. The number of carbonyl (C=O) groups excluding carboxylic acids is 1. The Bertz CT molecular complexity index is 903. The standard InChI is InChI=1S/C19H17Cl2NO/c1-19(2,3)18(23)22-16-7-5-4-6-12(16)11-17(22)13-8-9-14(20)15(21)10-13/h4-11H,1-3H3. The van der Waals surface area contributed by atoms with E-state index < -0.39 is 5.41 Å². The number of carbonyl (C=O) groups is 1. The lowest BCUT2D eigenvalue weighted by Crippen LogP contribution is -2.27. The minimum absolute atomic E-state index is 0.0415. The molecule has 0 saturated heterocycles. The summed E-state index contributed by atoms with van der Waals surface area (Å²) in [6.07, 6.45) is 0. The Hall–Kier alpha value is -1.77. The molecule has 4 heteroatoms. The molecule has 3 rings (SSSR count). The molecule has 0 fully saturated rings. The number of para-hydroxylation sites is 1. The summed E-state index contributed by atoms with van der Waals surface area (Å²) in [5, 5.41) is 2.00. The highest BCUT2D eigenvalue weighted by Crippen LogP contribution is 2.34. The van der Waals surface area contributed by atoms with Gasteiger partial charge in [0.1, 0.15) is 0 Å². The van der Waals surface area contributed by atoms with E-state index in [-0.39, 0.29) is 5.91 Å². The molecule has 0 N–H and O–H groups in total. The summed E-state index contributed by atoms with van der Waals surface area (Å²) in [4.78, 5) is 13.0. The van der Waals surface area contributed by atoms with Gasteiger partial charge in [-0.05, 0) is 24.3 Å². The normalized spacial score (nSPS) is 11.9. The van der Waals surface area contributed by atoms with Crippen molar-refractivity contribution in [2.75, 3.05) is 0 Å². The summed E-state index contributed by atoms with van der Waals surface area (Å²) < 4.78 is 1.77. The number of rotatable bonds is 1. The van der Waals surface area contributed by atoms with Gasteiger partial charge >= 0.3 is 0 Å². The highest BCUT2D eigenvalue weighted by atomic mass is 35.5. The summed E-state index contributed by atoms with van der Waals surface area (Å²) >= 11 is 12.2. The van der Waals surface area contributed by atoms with E-state index in [1.807, 2.05) is 57.2 Å². The fraction of sp³-hybridized carbons (Fsp3) is 0.211. The van der Waals surface area contributed by atoms with Crippen LogP contribution in [0, 0.1) is 5.41 Å². The Balaban J connectivity index is 2.32. The molecule has 1 aromatic heterocycles. The maximum atomic E-state index is 13.0. The second kappa shape index (κ2) is 5.70. The first-order valence-electron chi connectivity index (χ1n) is 7.40. The van der Waals surface area contributed by atoms with Crippen molar-refractivity contribution < 1.29 is 4.79 Å². The summed E-state index contributed by atoms with van der Waals surface area (Å²) in [5.41, 5.74) is 2.10. The summed E-state index contributed by atoms with van der Waals surface area (Å²) in [5.74, 6) is 0.0415. The van der Waals surface area contributed by atoms with Crippen LogP contribution in [0.2, 0.25) is 10.0 Å². The van der Waals surface area contributed by atoms with Crippen molar-refractivity contribution >= 4 is 40.0 Å². The van der Waals surface area contributed by atoms with Crippen molar-refractivity contribution in [1.82, 2.24) is 4.57 Å². The molecular weight excluding hydrogens is 329 g/mol. The largest absolute Gasteiger partial charge is 0.279 e. The van der Waals surface area contributed by atoms with E-state index >= 15 is 0 Å². The van der Waals surface area contributed by atoms with Gasteiger partial charge in [-0.25, -0.2) is 0 Å². The predicted molar refractivity (Wildman–Crippen MR) is 97.5 cm³/mol. The van der Waals surface area contributed by atoms with Gasteiger partial charge < -0.3 is 0 Å². The Morgan fingerprint density at radius 2 is 1.65 bits per heavy atom. The van der Waals surface area contributed by atoms with Crippen molar-refractivity contribution in [2.24, 2.45) is 5.41 Å².